The zero-order valence-corrected chi connectivity index (χ0v) is 9.59. The van der Waals surface area contributed by atoms with Gasteiger partial charge in [0.05, 0.1) is 0 Å². The molecule has 0 radical (unpaired) electrons. The van der Waals surface area contributed by atoms with Crippen LogP contribution in [-0.2, 0) is 0 Å². The second kappa shape index (κ2) is 4.33. The number of fused-ring (bicyclic) bond motifs is 1. The van der Waals surface area contributed by atoms with Crippen molar-refractivity contribution < 1.29 is 9.47 Å². The van der Waals surface area contributed by atoms with E-state index in [1.807, 2.05) is 19.1 Å². The van der Waals surface area contributed by atoms with E-state index in [0.29, 0.717) is 19.8 Å². The lowest BCUT2D eigenvalue weighted by atomic mass is 10.0. The number of ether oxygens (including phenoxy) is 2. The van der Waals surface area contributed by atoms with Gasteiger partial charge in [-0.1, -0.05) is 0 Å². The molecule has 15 heavy (non-hydrogen) atoms. The molecule has 2 rings (SSSR count). The maximum absolute atomic E-state index is 5.60. The first-order chi connectivity index (χ1) is 7.22. The fourth-order valence-corrected chi connectivity index (χ4v) is 1.97. The number of rotatable bonds is 2. The Kier molecular flexibility index (Phi) is 3.07. The molecule has 1 atom stereocenters. The minimum absolute atomic E-state index is 0.0563. The van der Waals surface area contributed by atoms with E-state index in [-0.39, 0.29) is 5.25 Å². The van der Waals surface area contributed by atoms with Gasteiger partial charge in [0.25, 0.3) is 0 Å². The molecule has 2 N–H and O–H groups in total. The maximum atomic E-state index is 5.60. The number of thiol groups is 1. The third-order valence-electron chi connectivity index (χ3n) is 2.51. The molecular weight excluding hydrogens is 210 g/mol. The molecule has 0 spiro atoms. The van der Waals surface area contributed by atoms with Crippen molar-refractivity contribution in [3.63, 3.8) is 0 Å². The number of hydrogen-bond acceptors (Lipinski definition) is 4. The second-order valence-electron chi connectivity index (χ2n) is 3.60. The molecule has 1 aromatic carbocycles. The Labute approximate surface area is 95.0 Å². The van der Waals surface area contributed by atoms with Gasteiger partial charge in [0, 0.05) is 11.8 Å². The molecule has 1 aliphatic rings. The lowest BCUT2D eigenvalue weighted by molar-refractivity contribution is 0.171. The van der Waals surface area contributed by atoms with Crippen LogP contribution in [0, 0.1) is 6.92 Å². The van der Waals surface area contributed by atoms with Gasteiger partial charge in [-0.05, 0) is 30.2 Å². The molecule has 4 heteroatoms. The molecule has 82 valence electrons. The quantitative estimate of drug-likeness (QED) is 0.753. The maximum Gasteiger partial charge on any atom is 0.161 e. The highest BCUT2D eigenvalue weighted by atomic mass is 32.1. The van der Waals surface area contributed by atoms with E-state index in [4.69, 9.17) is 15.2 Å². The van der Waals surface area contributed by atoms with Gasteiger partial charge in [-0.3, -0.25) is 0 Å². The molecule has 1 heterocycles. The first kappa shape index (κ1) is 10.6. The summed E-state index contributed by atoms with van der Waals surface area (Å²) in [7, 11) is 0. The van der Waals surface area contributed by atoms with Crippen LogP contribution in [0.25, 0.3) is 0 Å². The zero-order chi connectivity index (χ0) is 10.8. The molecule has 0 aliphatic carbocycles. The number of aryl methyl sites for hydroxylation is 1. The largest absolute Gasteiger partial charge is 0.486 e. The Morgan fingerprint density at radius 3 is 2.53 bits per heavy atom. The molecule has 1 aliphatic heterocycles. The Morgan fingerprint density at radius 1 is 1.33 bits per heavy atom. The minimum Gasteiger partial charge on any atom is -0.486 e. The zero-order valence-electron chi connectivity index (χ0n) is 8.69. The van der Waals surface area contributed by atoms with E-state index >= 15 is 0 Å². The summed E-state index contributed by atoms with van der Waals surface area (Å²) in [5.74, 6) is 1.62. The van der Waals surface area contributed by atoms with E-state index in [2.05, 4.69) is 12.6 Å². The van der Waals surface area contributed by atoms with Crippen LogP contribution in [0.4, 0.5) is 0 Å². The van der Waals surface area contributed by atoms with Crippen molar-refractivity contribution in [3.8, 4) is 11.5 Å². The molecule has 0 aromatic heterocycles. The average molecular weight is 225 g/mol. The van der Waals surface area contributed by atoms with Crippen molar-refractivity contribution in [2.75, 3.05) is 19.8 Å². The topological polar surface area (TPSA) is 44.5 Å². The lowest BCUT2D eigenvalue weighted by Gasteiger charge is -2.21. The number of benzene rings is 1. The molecule has 0 amide bonds. The van der Waals surface area contributed by atoms with Crippen molar-refractivity contribution in [2.45, 2.75) is 12.2 Å². The average Bonchev–Trinajstić information content (AvgIpc) is 2.27. The third-order valence-corrected chi connectivity index (χ3v) is 3.00. The van der Waals surface area contributed by atoms with Gasteiger partial charge in [0.15, 0.2) is 11.5 Å². The lowest BCUT2D eigenvalue weighted by Crippen LogP contribution is -2.16. The van der Waals surface area contributed by atoms with Crippen LogP contribution in [0.15, 0.2) is 12.1 Å². The van der Waals surface area contributed by atoms with E-state index in [0.717, 1.165) is 22.6 Å². The first-order valence-electron chi connectivity index (χ1n) is 5.00. The number of nitrogens with two attached hydrogens (primary N) is 1. The van der Waals surface area contributed by atoms with Gasteiger partial charge >= 0.3 is 0 Å². The molecule has 1 unspecified atom stereocenters. The fraction of sp³-hybridized carbons (Fsp3) is 0.455. The van der Waals surface area contributed by atoms with Crippen LogP contribution in [0.3, 0.4) is 0 Å². The third kappa shape index (κ3) is 2.06. The summed E-state index contributed by atoms with van der Waals surface area (Å²) in [5, 5.41) is 0.0563. The van der Waals surface area contributed by atoms with Crippen molar-refractivity contribution in [1.29, 1.82) is 0 Å². The smallest absolute Gasteiger partial charge is 0.161 e. The molecule has 0 fully saturated rings. The second-order valence-corrected chi connectivity index (χ2v) is 4.23. The summed E-state index contributed by atoms with van der Waals surface area (Å²) in [5.41, 5.74) is 7.86. The Hall–Kier alpha value is -0.870. The summed E-state index contributed by atoms with van der Waals surface area (Å²) in [6.45, 7) is 3.78. The molecule has 0 saturated heterocycles. The van der Waals surface area contributed by atoms with Crippen molar-refractivity contribution in [1.82, 2.24) is 0 Å². The van der Waals surface area contributed by atoms with Gasteiger partial charge in [0.1, 0.15) is 13.2 Å². The fourth-order valence-electron chi connectivity index (χ4n) is 1.69. The summed E-state index contributed by atoms with van der Waals surface area (Å²) in [4.78, 5) is 0. The van der Waals surface area contributed by atoms with Gasteiger partial charge in [-0.15, -0.1) is 0 Å². The van der Waals surface area contributed by atoms with Gasteiger partial charge in [-0.2, -0.15) is 12.6 Å². The SMILES string of the molecule is Cc1cc2c(cc1C(S)CN)OCCO2. The first-order valence-corrected chi connectivity index (χ1v) is 5.52. The standard InChI is InChI=1S/C11H15NO2S/c1-7-4-9-10(14-3-2-13-9)5-8(7)11(15)6-12/h4-5,11,15H,2-3,6,12H2,1H3. The molecule has 3 nitrogen and oxygen atoms in total. The minimum atomic E-state index is 0.0563. The van der Waals surface area contributed by atoms with Gasteiger partial charge in [0.2, 0.25) is 0 Å². The number of hydrogen-bond donors (Lipinski definition) is 2. The normalized spacial score (nSPS) is 16.2. The van der Waals surface area contributed by atoms with Crippen molar-refractivity contribution in [2.24, 2.45) is 5.73 Å². The Bertz CT molecular complexity index is 368. The van der Waals surface area contributed by atoms with Crippen LogP contribution >= 0.6 is 12.6 Å². The van der Waals surface area contributed by atoms with Crippen LogP contribution in [-0.4, -0.2) is 19.8 Å². The Balaban J connectivity index is 2.40. The summed E-state index contributed by atoms with van der Waals surface area (Å²) < 4.78 is 11.0. The van der Waals surface area contributed by atoms with Crippen molar-refractivity contribution in [3.05, 3.63) is 23.3 Å². The van der Waals surface area contributed by atoms with Crippen LogP contribution in [0.2, 0.25) is 0 Å². The molecule has 1 aromatic rings. The van der Waals surface area contributed by atoms with E-state index in [1.165, 1.54) is 0 Å². The van der Waals surface area contributed by atoms with Crippen molar-refractivity contribution >= 4 is 12.6 Å². The van der Waals surface area contributed by atoms with E-state index in [9.17, 15) is 0 Å². The highest BCUT2D eigenvalue weighted by molar-refractivity contribution is 7.80. The molecule has 0 saturated carbocycles. The Morgan fingerprint density at radius 2 is 1.93 bits per heavy atom. The van der Waals surface area contributed by atoms with Gasteiger partial charge in [-0.25, -0.2) is 0 Å². The predicted octanol–water partition coefficient (Wildman–Crippen LogP) is 1.70. The molecular formula is C11H15NO2S. The van der Waals surface area contributed by atoms with Crippen LogP contribution in [0.1, 0.15) is 16.4 Å². The summed E-state index contributed by atoms with van der Waals surface area (Å²) >= 11 is 4.44. The highest BCUT2D eigenvalue weighted by Crippen LogP contribution is 2.36. The molecule has 0 bridgehead atoms. The van der Waals surface area contributed by atoms with Gasteiger partial charge < -0.3 is 15.2 Å². The monoisotopic (exact) mass is 225 g/mol. The highest BCUT2D eigenvalue weighted by Gasteiger charge is 2.16. The summed E-state index contributed by atoms with van der Waals surface area (Å²) in [6.07, 6.45) is 0. The van der Waals surface area contributed by atoms with E-state index < -0.39 is 0 Å². The predicted molar refractivity (Wildman–Crippen MR) is 63.0 cm³/mol. The van der Waals surface area contributed by atoms with E-state index in [1.54, 1.807) is 0 Å². The van der Waals surface area contributed by atoms with Crippen LogP contribution < -0.4 is 15.2 Å². The van der Waals surface area contributed by atoms with Crippen LogP contribution in [0.5, 0.6) is 11.5 Å². The summed E-state index contributed by atoms with van der Waals surface area (Å²) in [6, 6.07) is 3.97.